The molecular formula is C16H18S. The van der Waals surface area contributed by atoms with Crippen LogP contribution in [-0.2, 0) is 5.41 Å². The smallest absolute Gasteiger partial charge is 0.0122 e. The molecule has 0 heterocycles. The fourth-order valence-electron chi connectivity index (χ4n) is 1.65. The first-order chi connectivity index (χ1) is 8.05. The lowest BCUT2D eigenvalue weighted by atomic mass is 9.87. The van der Waals surface area contributed by atoms with E-state index in [4.69, 9.17) is 0 Å². The lowest BCUT2D eigenvalue weighted by Gasteiger charge is -2.19. The van der Waals surface area contributed by atoms with Crippen LogP contribution in [0.15, 0.2) is 64.4 Å². The van der Waals surface area contributed by atoms with Crippen molar-refractivity contribution >= 4 is 11.8 Å². The normalized spacial score (nSPS) is 11.5. The van der Waals surface area contributed by atoms with Gasteiger partial charge in [-0.05, 0) is 35.2 Å². The summed E-state index contributed by atoms with van der Waals surface area (Å²) >= 11 is 1.81. The van der Waals surface area contributed by atoms with Gasteiger partial charge in [-0.2, -0.15) is 0 Å². The molecule has 0 amide bonds. The Morgan fingerprint density at radius 2 is 1.24 bits per heavy atom. The van der Waals surface area contributed by atoms with Crippen molar-refractivity contribution in [3.63, 3.8) is 0 Å². The lowest BCUT2D eigenvalue weighted by molar-refractivity contribution is 0.590. The Hall–Kier alpha value is -1.21. The molecule has 1 heteroatoms. The first-order valence-electron chi connectivity index (χ1n) is 5.89. The van der Waals surface area contributed by atoms with Gasteiger partial charge < -0.3 is 0 Å². The Bertz CT molecular complexity index is 463. The zero-order chi connectivity index (χ0) is 12.3. The van der Waals surface area contributed by atoms with Gasteiger partial charge in [0.05, 0.1) is 0 Å². The maximum absolute atomic E-state index is 2.24. The summed E-state index contributed by atoms with van der Waals surface area (Å²) in [5, 5.41) is 0. The second-order valence-electron chi connectivity index (χ2n) is 5.19. The maximum Gasteiger partial charge on any atom is 0.0122 e. The maximum atomic E-state index is 2.24. The first-order valence-corrected chi connectivity index (χ1v) is 6.71. The van der Waals surface area contributed by atoms with Crippen molar-refractivity contribution in [2.45, 2.75) is 36.0 Å². The molecule has 0 N–H and O–H groups in total. The van der Waals surface area contributed by atoms with E-state index in [0.717, 1.165) is 0 Å². The highest BCUT2D eigenvalue weighted by Gasteiger charge is 2.12. The van der Waals surface area contributed by atoms with Crippen molar-refractivity contribution < 1.29 is 0 Å². The molecule has 0 saturated heterocycles. The van der Waals surface area contributed by atoms with E-state index in [-0.39, 0.29) is 5.41 Å². The molecule has 2 rings (SSSR count). The molecule has 0 aliphatic heterocycles. The zero-order valence-electron chi connectivity index (χ0n) is 10.6. The molecule has 0 aliphatic carbocycles. The largest absolute Gasteiger partial charge is 0.0901 e. The molecular weight excluding hydrogens is 224 g/mol. The number of rotatable bonds is 2. The van der Waals surface area contributed by atoms with Crippen LogP contribution in [0.2, 0.25) is 0 Å². The molecule has 0 aromatic heterocycles. The molecule has 0 saturated carbocycles. The van der Waals surface area contributed by atoms with Crippen LogP contribution in [0.5, 0.6) is 0 Å². The van der Waals surface area contributed by atoms with Crippen LogP contribution < -0.4 is 0 Å². The van der Waals surface area contributed by atoms with Gasteiger partial charge in [0.1, 0.15) is 0 Å². The molecule has 0 fully saturated rings. The molecule has 88 valence electrons. The molecule has 0 aliphatic rings. The predicted molar refractivity (Wildman–Crippen MR) is 75.7 cm³/mol. The van der Waals surface area contributed by atoms with Crippen LogP contribution in [0.1, 0.15) is 26.3 Å². The number of hydrogen-bond acceptors (Lipinski definition) is 1. The minimum atomic E-state index is 0.232. The van der Waals surface area contributed by atoms with Crippen LogP contribution in [0.3, 0.4) is 0 Å². The highest BCUT2D eigenvalue weighted by atomic mass is 32.2. The van der Waals surface area contributed by atoms with Gasteiger partial charge in [-0.3, -0.25) is 0 Å². The fraction of sp³-hybridized carbons (Fsp3) is 0.250. The average Bonchev–Trinajstić information content (AvgIpc) is 2.30. The SMILES string of the molecule is CC(C)(C)c1ccc(Sc2ccccc2)cc1. The van der Waals surface area contributed by atoms with Crippen LogP contribution >= 0.6 is 11.8 Å². The van der Waals surface area contributed by atoms with E-state index < -0.39 is 0 Å². The van der Waals surface area contributed by atoms with Crippen LogP contribution in [0, 0.1) is 0 Å². The van der Waals surface area contributed by atoms with Gasteiger partial charge in [-0.1, -0.05) is 62.9 Å². The van der Waals surface area contributed by atoms with Gasteiger partial charge in [0, 0.05) is 9.79 Å². The highest BCUT2D eigenvalue weighted by molar-refractivity contribution is 7.99. The van der Waals surface area contributed by atoms with Crippen LogP contribution in [0.4, 0.5) is 0 Å². The third-order valence-electron chi connectivity index (χ3n) is 2.70. The van der Waals surface area contributed by atoms with E-state index >= 15 is 0 Å². The Labute approximate surface area is 108 Å². The summed E-state index contributed by atoms with van der Waals surface area (Å²) in [6.45, 7) is 6.73. The van der Waals surface area contributed by atoms with Crippen molar-refractivity contribution in [3.8, 4) is 0 Å². The molecule has 0 bridgehead atoms. The summed E-state index contributed by atoms with van der Waals surface area (Å²) in [5.41, 5.74) is 1.62. The third kappa shape index (κ3) is 3.37. The minimum absolute atomic E-state index is 0.232. The van der Waals surface area contributed by atoms with Crippen molar-refractivity contribution in [2.75, 3.05) is 0 Å². The standard InChI is InChI=1S/C16H18S/c1-16(2,3)13-9-11-15(12-10-13)17-14-7-5-4-6-8-14/h4-12H,1-3H3. The van der Waals surface area contributed by atoms with Gasteiger partial charge in [-0.25, -0.2) is 0 Å². The van der Waals surface area contributed by atoms with Crippen molar-refractivity contribution in [3.05, 3.63) is 60.2 Å². The van der Waals surface area contributed by atoms with Gasteiger partial charge in [-0.15, -0.1) is 0 Å². The van der Waals surface area contributed by atoms with E-state index in [1.54, 1.807) is 11.8 Å². The quantitative estimate of drug-likeness (QED) is 0.703. The van der Waals surface area contributed by atoms with E-state index in [1.165, 1.54) is 15.4 Å². The van der Waals surface area contributed by atoms with Gasteiger partial charge >= 0.3 is 0 Å². The van der Waals surface area contributed by atoms with Gasteiger partial charge in [0.2, 0.25) is 0 Å². The summed E-state index contributed by atoms with van der Waals surface area (Å²) in [4.78, 5) is 2.58. The summed E-state index contributed by atoms with van der Waals surface area (Å²) in [5.74, 6) is 0. The van der Waals surface area contributed by atoms with E-state index in [1.807, 2.05) is 6.07 Å². The Morgan fingerprint density at radius 3 is 1.76 bits per heavy atom. The molecule has 0 radical (unpaired) electrons. The summed E-state index contributed by atoms with van der Waals surface area (Å²) in [6, 6.07) is 19.3. The van der Waals surface area contributed by atoms with Crippen molar-refractivity contribution in [1.82, 2.24) is 0 Å². The minimum Gasteiger partial charge on any atom is -0.0901 e. The number of hydrogen-bond donors (Lipinski definition) is 0. The molecule has 0 atom stereocenters. The molecule has 0 unspecified atom stereocenters. The highest BCUT2D eigenvalue weighted by Crippen LogP contribution is 2.29. The second-order valence-corrected chi connectivity index (χ2v) is 6.34. The fourth-order valence-corrected chi connectivity index (χ4v) is 2.49. The Morgan fingerprint density at radius 1 is 0.706 bits per heavy atom. The molecule has 2 aromatic carbocycles. The van der Waals surface area contributed by atoms with E-state index in [2.05, 4.69) is 69.3 Å². The van der Waals surface area contributed by atoms with E-state index in [0.29, 0.717) is 0 Å². The van der Waals surface area contributed by atoms with Crippen molar-refractivity contribution in [1.29, 1.82) is 0 Å². The van der Waals surface area contributed by atoms with Crippen molar-refractivity contribution in [2.24, 2.45) is 0 Å². The number of benzene rings is 2. The zero-order valence-corrected chi connectivity index (χ0v) is 11.4. The van der Waals surface area contributed by atoms with E-state index in [9.17, 15) is 0 Å². The summed E-state index contributed by atoms with van der Waals surface area (Å²) in [7, 11) is 0. The molecule has 0 nitrogen and oxygen atoms in total. The molecule has 17 heavy (non-hydrogen) atoms. The Balaban J connectivity index is 2.14. The van der Waals surface area contributed by atoms with Crippen LogP contribution in [0.25, 0.3) is 0 Å². The predicted octanol–water partition coefficient (Wildman–Crippen LogP) is 5.14. The third-order valence-corrected chi connectivity index (χ3v) is 3.71. The first kappa shape index (κ1) is 12.3. The monoisotopic (exact) mass is 242 g/mol. The topological polar surface area (TPSA) is 0 Å². The average molecular weight is 242 g/mol. The summed E-state index contributed by atoms with van der Waals surface area (Å²) < 4.78 is 0. The second kappa shape index (κ2) is 4.97. The lowest BCUT2D eigenvalue weighted by Crippen LogP contribution is -2.10. The van der Waals surface area contributed by atoms with Gasteiger partial charge in [0.15, 0.2) is 0 Å². The summed E-state index contributed by atoms with van der Waals surface area (Å²) in [6.07, 6.45) is 0. The van der Waals surface area contributed by atoms with Gasteiger partial charge in [0.25, 0.3) is 0 Å². The van der Waals surface area contributed by atoms with Crippen LogP contribution in [-0.4, -0.2) is 0 Å². The Kier molecular flexibility index (Phi) is 3.58. The molecule has 0 spiro atoms. The molecule has 2 aromatic rings.